The van der Waals surface area contributed by atoms with E-state index in [0.29, 0.717) is 6.42 Å². The predicted octanol–water partition coefficient (Wildman–Crippen LogP) is 4.13. The summed E-state index contributed by atoms with van der Waals surface area (Å²) in [5.41, 5.74) is 3.72. The number of ketones is 1. The lowest BCUT2D eigenvalue weighted by Crippen LogP contribution is -1.95. The van der Waals surface area contributed by atoms with Crippen LogP contribution >= 0.6 is 0 Å². The highest BCUT2D eigenvalue weighted by molar-refractivity contribution is 6.00. The molecule has 3 heteroatoms. The van der Waals surface area contributed by atoms with Crippen molar-refractivity contribution in [3.05, 3.63) is 54.1 Å². The quantitative estimate of drug-likeness (QED) is 0.699. The second-order valence-corrected chi connectivity index (χ2v) is 4.81. The third-order valence-corrected chi connectivity index (χ3v) is 3.44. The van der Waals surface area contributed by atoms with Crippen molar-refractivity contribution >= 4 is 16.7 Å². The van der Waals surface area contributed by atoms with Gasteiger partial charge in [-0.2, -0.15) is 0 Å². The smallest absolute Gasteiger partial charge is 0.162 e. The van der Waals surface area contributed by atoms with E-state index in [0.717, 1.165) is 27.7 Å². The molecular weight excluding hydrogens is 250 g/mol. The molecule has 100 valence electrons. The summed E-state index contributed by atoms with van der Waals surface area (Å²) in [5.74, 6) is 0.403. The fourth-order valence-corrected chi connectivity index (χ4v) is 2.31. The van der Waals surface area contributed by atoms with Gasteiger partial charge in [0.2, 0.25) is 0 Å². The van der Waals surface area contributed by atoms with Crippen LogP contribution in [0.5, 0.6) is 5.75 Å². The Labute approximate surface area is 116 Å². The Bertz CT molecular complexity index is 769. The van der Waals surface area contributed by atoms with Gasteiger partial charge in [-0.1, -0.05) is 6.92 Å². The second-order valence-electron chi connectivity index (χ2n) is 4.81. The Morgan fingerprint density at radius 2 is 1.85 bits per heavy atom. The number of carbonyl (C=O) groups is 1. The topological polar surface area (TPSA) is 53.1 Å². The lowest BCUT2D eigenvalue weighted by atomic mass is 10.1. The number of rotatable bonds is 3. The van der Waals surface area contributed by atoms with E-state index in [1.54, 1.807) is 12.1 Å². The first kappa shape index (κ1) is 12.5. The van der Waals surface area contributed by atoms with Gasteiger partial charge in [-0.05, 0) is 54.1 Å². The van der Waals surface area contributed by atoms with E-state index in [1.165, 1.54) is 0 Å². The zero-order valence-electron chi connectivity index (χ0n) is 11.2. The van der Waals surface area contributed by atoms with E-state index >= 15 is 0 Å². The molecule has 1 heterocycles. The van der Waals surface area contributed by atoms with Crippen LogP contribution in [0, 0.1) is 0 Å². The molecule has 0 atom stereocenters. The van der Waals surface area contributed by atoms with Crippen LogP contribution in [0.15, 0.2) is 48.5 Å². The number of benzene rings is 2. The van der Waals surface area contributed by atoms with Crippen molar-refractivity contribution in [1.29, 1.82) is 0 Å². The van der Waals surface area contributed by atoms with E-state index in [1.807, 2.05) is 43.3 Å². The number of aromatic nitrogens is 1. The molecule has 0 aliphatic heterocycles. The maximum atomic E-state index is 11.7. The van der Waals surface area contributed by atoms with Gasteiger partial charge in [-0.3, -0.25) is 4.79 Å². The van der Waals surface area contributed by atoms with Crippen molar-refractivity contribution in [1.82, 2.24) is 4.98 Å². The van der Waals surface area contributed by atoms with E-state index in [9.17, 15) is 9.90 Å². The Kier molecular flexibility index (Phi) is 3.03. The van der Waals surface area contributed by atoms with Gasteiger partial charge in [0.25, 0.3) is 0 Å². The number of aromatic hydroxyl groups is 1. The molecule has 0 fully saturated rings. The zero-order valence-corrected chi connectivity index (χ0v) is 11.2. The molecule has 2 aromatic carbocycles. The highest BCUT2D eigenvalue weighted by Gasteiger charge is 2.07. The zero-order chi connectivity index (χ0) is 14.1. The lowest BCUT2D eigenvalue weighted by Gasteiger charge is -1.97. The van der Waals surface area contributed by atoms with Gasteiger partial charge in [0.15, 0.2) is 5.78 Å². The average Bonchev–Trinajstić information content (AvgIpc) is 2.90. The average molecular weight is 265 g/mol. The van der Waals surface area contributed by atoms with Gasteiger partial charge in [-0.25, -0.2) is 0 Å². The number of aromatic amines is 1. The molecule has 0 aliphatic carbocycles. The Balaban J connectivity index is 2.06. The third kappa shape index (κ3) is 2.18. The number of fused-ring (bicyclic) bond motifs is 1. The van der Waals surface area contributed by atoms with Gasteiger partial charge in [-0.15, -0.1) is 0 Å². The Morgan fingerprint density at radius 1 is 1.10 bits per heavy atom. The molecule has 20 heavy (non-hydrogen) atoms. The molecule has 3 aromatic rings. The van der Waals surface area contributed by atoms with Crippen LogP contribution in [0.3, 0.4) is 0 Å². The first-order chi connectivity index (χ1) is 9.67. The van der Waals surface area contributed by atoms with Crippen LogP contribution in [-0.4, -0.2) is 15.9 Å². The molecule has 0 amide bonds. The minimum Gasteiger partial charge on any atom is -0.508 e. The van der Waals surface area contributed by atoms with Gasteiger partial charge in [0, 0.05) is 28.6 Å². The van der Waals surface area contributed by atoms with Crippen LogP contribution in [0.25, 0.3) is 22.2 Å². The highest BCUT2D eigenvalue weighted by atomic mass is 16.3. The number of H-pyrrole nitrogens is 1. The number of nitrogens with one attached hydrogen (secondary N) is 1. The number of carbonyl (C=O) groups excluding carboxylic acids is 1. The first-order valence-corrected chi connectivity index (χ1v) is 6.63. The van der Waals surface area contributed by atoms with Crippen molar-refractivity contribution in [3.8, 4) is 17.0 Å². The van der Waals surface area contributed by atoms with Crippen molar-refractivity contribution in [3.63, 3.8) is 0 Å². The third-order valence-electron chi connectivity index (χ3n) is 3.44. The second kappa shape index (κ2) is 4.85. The molecule has 0 aliphatic rings. The SMILES string of the molecule is CCC(=O)c1ccc2[nH]c(-c3ccc(O)cc3)cc2c1. The van der Waals surface area contributed by atoms with Gasteiger partial charge in [0.05, 0.1) is 0 Å². The van der Waals surface area contributed by atoms with Gasteiger partial charge in [0.1, 0.15) is 5.75 Å². The summed E-state index contributed by atoms with van der Waals surface area (Å²) in [4.78, 5) is 15.1. The van der Waals surface area contributed by atoms with E-state index in [2.05, 4.69) is 4.98 Å². The summed E-state index contributed by atoms with van der Waals surface area (Å²) in [5, 5.41) is 10.3. The number of Topliss-reactive ketones (excluding diaryl/α,β-unsaturated/α-hetero) is 1. The maximum absolute atomic E-state index is 11.7. The molecule has 0 bridgehead atoms. The van der Waals surface area contributed by atoms with Crippen molar-refractivity contribution < 1.29 is 9.90 Å². The van der Waals surface area contributed by atoms with Crippen LogP contribution in [0.2, 0.25) is 0 Å². The van der Waals surface area contributed by atoms with Crippen molar-refractivity contribution in [2.24, 2.45) is 0 Å². The fraction of sp³-hybridized carbons (Fsp3) is 0.118. The largest absolute Gasteiger partial charge is 0.508 e. The fourth-order valence-electron chi connectivity index (χ4n) is 2.31. The van der Waals surface area contributed by atoms with Crippen LogP contribution in [-0.2, 0) is 0 Å². The van der Waals surface area contributed by atoms with E-state index in [4.69, 9.17) is 0 Å². The summed E-state index contributed by atoms with van der Waals surface area (Å²) in [6.45, 7) is 1.87. The van der Waals surface area contributed by atoms with Gasteiger partial charge < -0.3 is 10.1 Å². The minimum absolute atomic E-state index is 0.152. The van der Waals surface area contributed by atoms with Gasteiger partial charge >= 0.3 is 0 Å². The van der Waals surface area contributed by atoms with Crippen molar-refractivity contribution in [2.75, 3.05) is 0 Å². The van der Waals surface area contributed by atoms with Crippen LogP contribution in [0.1, 0.15) is 23.7 Å². The van der Waals surface area contributed by atoms with Crippen LogP contribution in [0.4, 0.5) is 0 Å². The van der Waals surface area contributed by atoms with E-state index < -0.39 is 0 Å². The maximum Gasteiger partial charge on any atom is 0.162 e. The summed E-state index contributed by atoms with van der Waals surface area (Å²) in [6, 6.07) is 14.8. The molecule has 0 saturated carbocycles. The van der Waals surface area contributed by atoms with Crippen LogP contribution < -0.4 is 0 Å². The first-order valence-electron chi connectivity index (χ1n) is 6.63. The lowest BCUT2D eigenvalue weighted by molar-refractivity contribution is 0.0988. The molecule has 0 radical (unpaired) electrons. The molecule has 1 aromatic heterocycles. The molecule has 0 saturated heterocycles. The molecule has 2 N–H and O–H groups in total. The monoisotopic (exact) mass is 265 g/mol. The van der Waals surface area contributed by atoms with E-state index in [-0.39, 0.29) is 11.5 Å². The number of phenolic OH excluding ortho intramolecular Hbond substituents is 1. The number of hydrogen-bond donors (Lipinski definition) is 2. The predicted molar refractivity (Wildman–Crippen MR) is 80.0 cm³/mol. The molecule has 0 spiro atoms. The Hall–Kier alpha value is -2.55. The summed E-state index contributed by atoms with van der Waals surface area (Å²) in [7, 11) is 0. The Morgan fingerprint density at radius 3 is 2.55 bits per heavy atom. The summed E-state index contributed by atoms with van der Waals surface area (Å²) in [6.07, 6.45) is 0.515. The minimum atomic E-state index is 0.152. The van der Waals surface area contributed by atoms with Crippen molar-refractivity contribution in [2.45, 2.75) is 13.3 Å². The molecule has 3 nitrogen and oxygen atoms in total. The normalized spacial score (nSPS) is 10.8. The standard InChI is InChI=1S/C17H15NO2/c1-2-17(20)12-5-8-15-13(9-12)10-16(18-15)11-3-6-14(19)7-4-11/h3-10,18-19H,2H2,1H3. The molecule has 3 rings (SSSR count). The number of phenols is 1. The molecule has 0 unspecified atom stereocenters. The summed E-state index contributed by atoms with van der Waals surface area (Å²) >= 11 is 0. The number of hydrogen-bond acceptors (Lipinski definition) is 2. The highest BCUT2D eigenvalue weighted by Crippen LogP contribution is 2.26. The molecular formula is C17H15NO2. The summed E-state index contributed by atoms with van der Waals surface area (Å²) < 4.78 is 0.